The molecule has 0 bridgehead atoms. The highest BCUT2D eigenvalue weighted by Crippen LogP contribution is 2.15. The van der Waals surface area contributed by atoms with Crippen molar-refractivity contribution >= 4 is 5.91 Å². The van der Waals surface area contributed by atoms with Gasteiger partial charge in [0.05, 0.1) is 0 Å². The van der Waals surface area contributed by atoms with Crippen LogP contribution in [0.25, 0.3) is 0 Å². The van der Waals surface area contributed by atoms with E-state index in [1.807, 2.05) is 32.0 Å². The molecule has 0 saturated heterocycles. The van der Waals surface area contributed by atoms with Gasteiger partial charge in [-0.25, -0.2) is 4.39 Å². The lowest BCUT2D eigenvalue weighted by atomic mass is 10.1. The Kier molecular flexibility index (Phi) is 4.73. The summed E-state index contributed by atoms with van der Waals surface area (Å²) in [6, 6.07) is 12.4. The van der Waals surface area contributed by atoms with E-state index >= 15 is 0 Å². The van der Waals surface area contributed by atoms with Crippen molar-refractivity contribution in [3.63, 3.8) is 0 Å². The molecule has 0 aliphatic heterocycles. The molecule has 2 aromatic rings. The zero-order valence-corrected chi connectivity index (χ0v) is 12.7. The average Bonchev–Trinajstić information content (AvgIpc) is 2.44. The predicted octanol–water partition coefficient (Wildman–Crippen LogP) is 4.10. The molecule has 110 valence electrons. The van der Waals surface area contributed by atoms with Crippen LogP contribution in [0.5, 0.6) is 0 Å². The number of carbonyl (C=O) groups excluding carboxylic acids is 1. The summed E-state index contributed by atoms with van der Waals surface area (Å²) >= 11 is 0. The number of hydrogen-bond acceptors (Lipinski definition) is 1. The molecule has 0 spiro atoms. The van der Waals surface area contributed by atoms with Gasteiger partial charge in [0.15, 0.2) is 0 Å². The van der Waals surface area contributed by atoms with Crippen LogP contribution in [0.3, 0.4) is 0 Å². The molecule has 2 rings (SSSR count). The standard InChI is InChI=1S/C18H20FNO/c1-4-20(12-15-7-5-6-13(2)10-15)18(21)17-9-8-16(19)11-14(17)3/h5-11H,4,12H2,1-3H3. The largest absolute Gasteiger partial charge is 0.335 e. The first kappa shape index (κ1) is 15.2. The van der Waals surface area contributed by atoms with Gasteiger partial charge < -0.3 is 4.90 Å². The smallest absolute Gasteiger partial charge is 0.254 e. The van der Waals surface area contributed by atoms with Gasteiger partial charge in [0.25, 0.3) is 5.91 Å². The maximum atomic E-state index is 13.2. The highest BCUT2D eigenvalue weighted by Gasteiger charge is 2.16. The van der Waals surface area contributed by atoms with Gasteiger partial charge in [-0.05, 0) is 50.1 Å². The highest BCUT2D eigenvalue weighted by molar-refractivity contribution is 5.95. The molecule has 0 unspecified atom stereocenters. The van der Waals surface area contributed by atoms with Crippen LogP contribution < -0.4 is 0 Å². The molecular formula is C18H20FNO. The van der Waals surface area contributed by atoms with Crippen molar-refractivity contribution < 1.29 is 9.18 Å². The minimum Gasteiger partial charge on any atom is -0.335 e. The maximum absolute atomic E-state index is 13.2. The fourth-order valence-corrected chi connectivity index (χ4v) is 2.40. The molecule has 0 fully saturated rings. The van der Waals surface area contributed by atoms with E-state index in [9.17, 15) is 9.18 Å². The SMILES string of the molecule is CCN(Cc1cccc(C)c1)C(=O)c1ccc(F)cc1C. The van der Waals surface area contributed by atoms with Gasteiger partial charge in [0.1, 0.15) is 5.82 Å². The molecular weight excluding hydrogens is 265 g/mol. The summed E-state index contributed by atoms with van der Waals surface area (Å²) < 4.78 is 13.2. The summed E-state index contributed by atoms with van der Waals surface area (Å²) in [5, 5.41) is 0. The number of aryl methyl sites for hydroxylation is 2. The third-order valence-corrected chi connectivity index (χ3v) is 3.54. The quantitative estimate of drug-likeness (QED) is 0.828. The zero-order valence-electron chi connectivity index (χ0n) is 12.7. The Labute approximate surface area is 125 Å². The molecule has 2 nitrogen and oxygen atoms in total. The molecule has 0 atom stereocenters. The van der Waals surface area contributed by atoms with Gasteiger partial charge in [-0.1, -0.05) is 29.8 Å². The summed E-state index contributed by atoms with van der Waals surface area (Å²) in [6.45, 7) is 6.92. The van der Waals surface area contributed by atoms with E-state index in [1.165, 1.54) is 17.7 Å². The van der Waals surface area contributed by atoms with Gasteiger partial charge in [-0.15, -0.1) is 0 Å². The first-order valence-corrected chi connectivity index (χ1v) is 7.12. The Morgan fingerprint density at radius 1 is 1.14 bits per heavy atom. The van der Waals surface area contributed by atoms with Gasteiger partial charge in [-0.3, -0.25) is 4.79 Å². The van der Waals surface area contributed by atoms with E-state index in [0.717, 1.165) is 5.56 Å². The molecule has 21 heavy (non-hydrogen) atoms. The lowest BCUT2D eigenvalue weighted by Crippen LogP contribution is -2.30. The van der Waals surface area contributed by atoms with Crippen LogP contribution >= 0.6 is 0 Å². The Hall–Kier alpha value is -2.16. The van der Waals surface area contributed by atoms with Gasteiger partial charge in [0.2, 0.25) is 0 Å². The lowest BCUT2D eigenvalue weighted by molar-refractivity contribution is 0.0752. The second-order valence-corrected chi connectivity index (χ2v) is 5.27. The third-order valence-electron chi connectivity index (χ3n) is 3.54. The minimum atomic E-state index is -0.314. The van der Waals surface area contributed by atoms with Crippen LogP contribution in [0.4, 0.5) is 4.39 Å². The number of carbonyl (C=O) groups is 1. The third kappa shape index (κ3) is 3.69. The van der Waals surface area contributed by atoms with E-state index in [2.05, 4.69) is 6.07 Å². The molecule has 0 aliphatic carbocycles. The lowest BCUT2D eigenvalue weighted by Gasteiger charge is -2.22. The molecule has 0 saturated carbocycles. The normalized spacial score (nSPS) is 10.5. The topological polar surface area (TPSA) is 20.3 Å². The van der Waals surface area contributed by atoms with Crippen molar-refractivity contribution in [1.29, 1.82) is 0 Å². The second kappa shape index (κ2) is 6.53. The van der Waals surface area contributed by atoms with Crippen molar-refractivity contribution in [1.82, 2.24) is 4.90 Å². The molecule has 2 aromatic carbocycles. The molecule has 0 aromatic heterocycles. The van der Waals surface area contributed by atoms with Gasteiger partial charge >= 0.3 is 0 Å². The van der Waals surface area contributed by atoms with Gasteiger partial charge in [0, 0.05) is 18.7 Å². The summed E-state index contributed by atoms with van der Waals surface area (Å²) in [5.74, 6) is -0.373. The van der Waals surface area contributed by atoms with Gasteiger partial charge in [-0.2, -0.15) is 0 Å². The van der Waals surface area contributed by atoms with Crippen LogP contribution in [0.15, 0.2) is 42.5 Å². The van der Waals surface area contributed by atoms with Crippen molar-refractivity contribution in [2.75, 3.05) is 6.54 Å². The summed E-state index contributed by atoms with van der Waals surface area (Å²) in [5.41, 5.74) is 3.51. The van der Waals surface area contributed by atoms with E-state index in [4.69, 9.17) is 0 Å². The minimum absolute atomic E-state index is 0.0588. The van der Waals surface area contributed by atoms with Crippen molar-refractivity contribution in [2.24, 2.45) is 0 Å². The highest BCUT2D eigenvalue weighted by atomic mass is 19.1. The summed E-state index contributed by atoms with van der Waals surface area (Å²) in [4.78, 5) is 14.4. The van der Waals surface area contributed by atoms with Crippen LogP contribution in [0.1, 0.15) is 34.0 Å². The summed E-state index contributed by atoms with van der Waals surface area (Å²) in [6.07, 6.45) is 0. The Morgan fingerprint density at radius 2 is 1.90 bits per heavy atom. The van der Waals surface area contributed by atoms with Crippen molar-refractivity contribution in [3.05, 3.63) is 70.5 Å². The number of benzene rings is 2. The van der Waals surface area contributed by atoms with Crippen LogP contribution in [-0.4, -0.2) is 17.4 Å². The monoisotopic (exact) mass is 285 g/mol. The van der Waals surface area contributed by atoms with Crippen molar-refractivity contribution in [3.8, 4) is 0 Å². The second-order valence-electron chi connectivity index (χ2n) is 5.27. The van der Waals surface area contributed by atoms with Crippen LogP contribution in [0, 0.1) is 19.7 Å². The van der Waals surface area contributed by atoms with Crippen LogP contribution in [0.2, 0.25) is 0 Å². The first-order valence-electron chi connectivity index (χ1n) is 7.12. The van der Waals surface area contributed by atoms with E-state index in [-0.39, 0.29) is 11.7 Å². The zero-order chi connectivity index (χ0) is 15.4. The average molecular weight is 285 g/mol. The maximum Gasteiger partial charge on any atom is 0.254 e. The predicted molar refractivity (Wildman–Crippen MR) is 82.7 cm³/mol. The molecule has 0 heterocycles. The van der Waals surface area contributed by atoms with E-state index < -0.39 is 0 Å². The van der Waals surface area contributed by atoms with E-state index in [0.29, 0.717) is 24.2 Å². The summed E-state index contributed by atoms with van der Waals surface area (Å²) in [7, 11) is 0. The Morgan fingerprint density at radius 3 is 2.52 bits per heavy atom. The molecule has 1 amide bonds. The number of rotatable bonds is 4. The number of hydrogen-bond donors (Lipinski definition) is 0. The van der Waals surface area contributed by atoms with Crippen molar-refractivity contribution in [2.45, 2.75) is 27.3 Å². The first-order chi connectivity index (χ1) is 10.0. The fraction of sp³-hybridized carbons (Fsp3) is 0.278. The molecule has 0 aliphatic rings. The Balaban J connectivity index is 2.22. The van der Waals surface area contributed by atoms with E-state index in [1.54, 1.807) is 17.9 Å². The molecule has 0 radical (unpaired) electrons. The number of nitrogens with zero attached hydrogens (tertiary/aromatic N) is 1. The fourth-order valence-electron chi connectivity index (χ4n) is 2.40. The number of amides is 1. The Bertz CT molecular complexity index is 651. The van der Waals surface area contributed by atoms with Crippen LogP contribution in [-0.2, 0) is 6.54 Å². The molecule has 0 N–H and O–H groups in total. The molecule has 3 heteroatoms. The number of halogens is 1.